The largest absolute Gasteiger partial charge is 0.419 e. The van der Waals surface area contributed by atoms with Gasteiger partial charge in [-0.3, -0.25) is 4.57 Å². The van der Waals surface area contributed by atoms with Crippen molar-refractivity contribution in [3.63, 3.8) is 0 Å². The highest BCUT2D eigenvalue weighted by atomic mass is 32.2. The number of aryl methyl sites for hydroxylation is 1. The van der Waals surface area contributed by atoms with E-state index in [1.165, 1.54) is 25.9 Å². The van der Waals surface area contributed by atoms with E-state index in [9.17, 15) is 13.2 Å². The van der Waals surface area contributed by atoms with Crippen molar-refractivity contribution in [3.8, 4) is 0 Å². The maximum Gasteiger partial charge on any atom is 0.419 e. The molecule has 1 N–H and O–H groups in total. The molecule has 1 aliphatic rings. The third kappa shape index (κ3) is 2.39. The molecule has 0 radical (unpaired) electrons. The first kappa shape index (κ1) is 14.3. The van der Waals surface area contributed by atoms with Gasteiger partial charge in [0.15, 0.2) is 5.58 Å². The number of hydrogen-bond acceptors (Lipinski definition) is 4. The van der Waals surface area contributed by atoms with Gasteiger partial charge in [0.05, 0.1) is 43.6 Å². The fourth-order valence-electron chi connectivity index (χ4n) is 2.53. The molecule has 7 nitrogen and oxygen atoms in total. The van der Waals surface area contributed by atoms with E-state index < -0.39 is 15.8 Å². The van der Waals surface area contributed by atoms with Crippen LogP contribution in [0.1, 0.15) is 0 Å². The second-order valence-electron chi connectivity index (χ2n) is 5.42. The highest BCUT2D eigenvalue weighted by molar-refractivity contribution is 7.89. The lowest BCUT2D eigenvalue weighted by Crippen LogP contribution is -3.12. The van der Waals surface area contributed by atoms with Crippen LogP contribution in [0.15, 0.2) is 32.3 Å². The van der Waals surface area contributed by atoms with Crippen LogP contribution in [-0.2, 0) is 17.1 Å². The molecule has 114 valence electrons. The number of rotatable bonds is 2. The van der Waals surface area contributed by atoms with Crippen LogP contribution in [0.25, 0.3) is 11.1 Å². The van der Waals surface area contributed by atoms with Crippen LogP contribution in [0.2, 0.25) is 0 Å². The van der Waals surface area contributed by atoms with E-state index in [0.29, 0.717) is 24.2 Å². The number of sulfonamides is 1. The van der Waals surface area contributed by atoms with Gasteiger partial charge < -0.3 is 9.32 Å². The first-order valence-electron chi connectivity index (χ1n) is 6.80. The Labute approximate surface area is 122 Å². The Morgan fingerprint density at radius 2 is 1.90 bits per heavy atom. The van der Waals surface area contributed by atoms with Crippen molar-refractivity contribution in [3.05, 3.63) is 28.7 Å². The maximum atomic E-state index is 12.6. The van der Waals surface area contributed by atoms with Crippen LogP contribution in [0.3, 0.4) is 0 Å². The van der Waals surface area contributed by atoms with Crippen molar-refractivity contribution in [2.45, 2.75) is 4.90 Å². The van der Waals surface area contributed by atoms with Gasteiger partial charge in [-0.2, -0.15) is 4.31 Å². The molecule has 0 atom stereocenters. The highest BCUT2D eigenvalue weighted by Gasteiger charge is 2.29. The summed E-state index contributed by atoms with van der Waals surface area (Å²) in [6.45, 7) is 2.60. The SMILES string of the molecule is Cn1c(=O)oc2cc(S(=O)(=O)N3CC[NH+](C)CC3)ccc21. The lowest BCUT2D eigenvalue weighted by molar-refractivity contribution is -0.883. The van der Waals surface area contributed by atoms with E-state index >= 15 is 0 Å². The number of hydrogen-bond donors (Lipinski definition) is 1. The molecular weight excluding hydrogens is 294 g/mol. The Kier molecular flexibility index (Phi) is 3.39. The average Bonchev–Trinajstić information content (AvgIpc) is 2.74. The van der Waals surface area contributed by atoms with E-state index in [4.69, 9.17) is 4.42 Å². The summed E-state index contributed by atoms with van der Waals surface area (Å²) in [5.74, 6) is -0.497. The minimum absolute atomic E-state index is 0.170. The number of fused-ring (bicyclic) bond motifs is 1. The summed E-state index contributed by atoms with van der Waals surface area (Å²) in [5, 5.41) is 0. The number of aromatic nitrogens is 1. The zero-order valence-electron chi connectivity index (χ0n) is 12.0. The molecule has 1 saturated heterocycles. The number of piperazine rings is 1. The van der Waals surface area contributed by atoms with Crippen molar-refractivity contribution in [1.29, 1.82) is 0 Å². The summed E-state index contributed by atoms with van der Waals surface area (Å²) >= 11 is 0. The van der Waals surface area contributed by atoms with Gasteiger partial charge in [0, 0.05) is 13.1 Å². The van der Waals surface area contributed by atoms with E-state index in [1.807, 2.05) is 0 Å². The summed E-state index contributed by atoms with van der Waals surface area (Å²) in [4.78, 5) is 13.0. The molecule has 8 heteroatoms. The van der Waals surface area contributed by atoms with Crippen molar-refractivity contribution in [2.24, 2.45) is 7.05 Å². The smallest absolute Gasteiger partial charge is 0.408 e. The highest BCUT2D eigenvalue weighted by Crippen LogP contribution is 2.21. The van der Waals surface area contributed by atoms with Gasteiger partial charge in [-0.1, -0.05) is 0 Å². The number of nitrogens with zero attached hydrogens (tertiary/aromatic N) is 2. The summed E-state index contributed by atoms with van der Waals surface area (Å²) in [6, 6.07) is 4.56. The molecule has 1 fully saturated rings. The molecule has 1 aromatic carbocycles. The minimum atomic E-state index is -3.53. The second kappa shape index (κ2) is 4.97. The van der Waals surface area contributed by atoms with Crippen LogP contribution in [0.4, 0.5) is 0 Å². The van der Waals surface area contributed by atoms with Gasteiger partial charge in [0.2, 0.25) is 10.0 Å². The van der Waals surface area contributed by atoms with Gasteiger partial charge in [0.1, 0.15) is 0 Å². The first-order chi connectivity index (χ1) is 9.89. The molecule has 2 heterocycles. The van der Waals surface area contributed by atoms with Crippen molar-refractivity contribution < 1.29 is 17.7 Å². The predicted octanol–water partition coefficient (Wildman–Crippen LogP) is -1.35. The van der Waals surface area contributed by atoms with E-state index in [2.05, 4.69) is 7.05 Å². The topological polar surface area (TPSA) is 77.0 Å². The van der Waals surface area contributed by atoms with Gasteiger partial charge >= 0.3 is 5.76 Å². The van der Waals surface area contributed by atoms with Crippen molar-refractivity contribution >= 4 is 21.1 Å². The zero-order valence-corrected chi connectivity index (χ0v) is 12.8. The molecule has 0 unspecified atom stereocenters. The normalized spacial score (nSPS) is 18.4. The molecule has 0 bridgehead atoms. The minimum Gasteiger partial charge on any atom is -0.408 e. The first-order valence-corrected chi connectivity index (χ1v) is 8.24. The van der Waals surface area contributed by atoms with Crippen molar-refractivity contribution in [2.75, 3.05) is 33.2 Å². The Morgan fingerprint density at radius 3 is 2.57 bits per heavy atom. The molecule has 0 saturated carbocycles. The Balaban J connectivity index is 2.01. The zero-order chi connectivity index (χ0) is 15.2. The Hall–Kier alpha value is -1.64. The summed E-state index contributed by atoms with van der Waals surface area (Å²) in [5.41, 5.74) is 0.880. The number of likely N-dealkylation sites (N-methyl/N-ethyl adjacent to an activating group) is 1. The number of quaternary nitrogens is 1. The van der Waals surface area contributed by atoms with E-state index in [1.54, 1.807) is 13.1 Å². The monoisotopic (exact) mass is 312 g/mol. The summed E-state index contributed by atoms with van der Waals surface area (Å²) in [7, 11) is 0.107. The van der Waals surface area contributed by atoms with Crippen LogP contribution in [0.5, 0.6) is 0 Å². The van der Waals surface area contributed by atoms with Gasteiger partial charge in [-0.05, 0) is 12.1 Å². The van der Waals surface area contributed by atoms with E-state index in [-0.39, 0.29) is 4.90 Å². The quantitative estimate of drug-likeness (QED) is 0.744. The molecular formula is C13H18N3O4S+. The molecule has 1 aromatic heterocycles. The lowest BCUT2D eigenvalue weighted by Gasteiger charge is -2.29. The van der Waals surface area contributed by atoms with Gasteiger partial charge in [0.25, 0.3) is 0 Å². The fraction of sp³-hybridized carbons (Fsp3) is 0.462. The van der Waals surface area contributed by atoms with Gasteiger partial charge in [-0.25, -0.2) is 13.2 Å². The van der Waals surface area contributed by atoms with Crippen LogP contribution in [-0.4, -0.2) is 50.5 Å². The standard InChI is InChI=1S/C13H17N3O4S/c1-14-5-7-16(8-6-14)21(18,19)10-3-4-11-12(9-10)20-13(17)15(11)2/h3-4,9H,5-8H2,1-2H3/p+1. The number of nitrogens with one attached hydrogen (secondary N) is 1. The molecule has 0 amide bonds. The molecule has 21 heavy (non-hydrogen) atoms. The maximum absolute atomic E-state index is 12.6. The number of oxazole rings is 1. The molecule has 1 aliphatic heterocycles. The van der Waals surface area contributed by atoms with E-state index in [0.717, 1.165) is 13.1 Å². The molecule has 0 spiro atoms. The third-order valence-electron chi connectivity index (χ3n) is 3.98. The van der Waals surface area contributed by atoms with Gasteiger partial charge in [-0.15, -0.1) is 0 Å². The average molecular weight is 312 g/mol. The van der Waals surface area contributed by atoms with Crippen molar-refractivity contribution in [1.82, 2.24) is 8.87 Å². The van der Waals surface area contributed by atoms with Crippen LogP contribution >= 0.6 is 0 Å². The fourth-order valence-corrected chi connectivity index (χ4v) is 3.99. The number of benzene rings is 1. The Morgan fingerprint density at radius 1 is 1.24 bits per heavy atom. The summed E-state index contributed by atoms with van der Waals surface area (Å²) in [6.07, 6.45) is 0. The second-order valence-corrected chi connectivity index (χ2v) is 7.36. The Bertz CT molecular complexity index is 829. The molecule has 2 aromatic rings. The van der Waals surface area contributed by atoms with Crippen LogP contribution < -0.4 is 10.7 Å². The molecule has 3 rings (SSSR count). The van der Waals surface area contributed by atoms with Crippen LogP contribution in [0, 0.1) is 0 Å². The lowest BCUT2D eigenvalue weighted by atomic mass is 10.3. The third-order valence-corrected chi connectivity index (χ3v) is 5.87. The molecule has 0 aliphatic carbocycles. The summed E-state index contributed by atoms with van der Waals surface area (Å²) < 4.78 is 33.1. The predicted molar refractivity (Wildman–Crippen MR) is 76.8 cm³/mol.